The summed E-state index contributed by atoms with van der Waals surface area (Å²) < 4.78 is 0. The van der Waals surface area contributed by atoms with Crippen molar-refractivity contribution in [2.75, 3.05) is 12.5 Å². The molecule has 0 fully saturated rings. The van der Waals surface area contributed by atoms with Gasteiger partial charge in [-0.1, -0.05) is 5.87 Å². The van der Waals surface area contributed by atoms with Crippen molar-refractivity contribution in [2.45, 2.75) is 0 Å². The van der Waals surface area contributed by atoms with E-state index in [0.29, 0.717) is 0 Å². The van der Waals surface area contributed by atoms with Gasteiger partial charge in [0.1, 0.15) is 0 Å². The molecule has 0 amide bonds. The SMILES string of the molecule is C=S(C)(C)(Br)C=O. The van der Waals surface area contributed by atoms with Crippen molar-refractivity contribution < 1.29 is 4.79 Å². The molecule has 7 heavy (non-hydrogen) atoms. The fourth-order valence-corrected chi connectivity index (χ4v) is 0. The second kappa shape index (κ2) is 1.42. The Balaban J connectivity index is 4.46. The second-order valence-electron chi connectivity index (χ2n) is 2.23. The molecule has 0 radical (unpaired) electrons. The third kappa shape index (κ3) is 6.37. The molecule has 3 heteroatoms. The zero-order chi connectivity index (χ0) is 6.15. The predicted octanol–water partition coefficient (Wildman–Crippen LogP) is 1.52. The van der Waals surface area contributed by atoms with Gasteiger partial charge >= 0.3 is 0 Å². The number of carbonyl (C=O) groups is 1. The van der Waals surface area contributed by atoms with Gasteiger partial charge in [-0.05, 0) is 27.3 Å². The van der Waals surface area contributed by atoms with Crippen LogP contribution in [0.1, 0.15) is 0 Å². The highest BCUT2D eigenvalue weighted by atomic mass is 79.9. The summed E-state index contributed by atoms with van der Waals surface area (Å²) in [5, 5.41) is 0. The lowest BCUT2D eigenvalue weighted by atomic mass is 11.8. The summed E-state index contributed by atoms with van der Waals surface area (Å²) in [4.78, 5) is 10.1. The molecule has 0 aromatic carbocycles. The lowest BCUT2D eigenvalue weighted by Gasteiger charge is -2.22. The molecule has 0 aliphatic rings. The molecule has 0 spiro atoms. The van der Waals surface area contributed by atoms with Crippen molar-refractivity contribution in [3.8, 4) is 0 Å². The molecule has 0 aromatic rings. The zero-order valence-electron chi connectivity index (χ0n) is 4.48. The molecule has 1 nitrogen and oxygen atoms in total. The molecule has 0 aliphatic carbocycles. The van der Waals surface area contributed by atoms with Crippen LogP contribution in [0.3, 0.4) is 0 Å². The molecule has 44 valence electrons. The summed E-state index contributed by atoms with van der Waals surface area (Å²) in [6.07, 6.45) is 3.62. The zero-order valence-corrected chi connectivity index (χ0v) is 6.88. The maximum atomic E-state index is 10.1. The van der Waals surface area contributed by atoms with E-state index >= 15 is 0 Å². The standard InChI is InChI=1S/C4H9BrOS/c1-7(2,3,5)4-6/h4H,1H2,2-3H3. The van der Waals surface area contributed by atoms with Crippen LogP contribution < -0.4 is 0 Å². The van der Waals surface area contributed by atoms with E-state index in [1.165, 1.54) is 0 Å². The van der Waals surface area contributed by atoms with E-state index in [0.717, 1.165) is 5.62 Å². The quantitative estimate of drug-likeness (QED) is 0.447. The van der Waals surface area contributed by atoms with E-state index in [1.807, 2.05) is 12.5 Å². The Morgan fingerprint density at radius 3 is 1.86 bits per heavy atom. The van der Waals surface area contributed by atoms with Crippen molar-refractivity contribution in [1.82, 2.24) is 0 Å². The molecule has 0 saturated heterocycles. The molecule has 0 N–H and O–H groups in total. The van der Waals surface area contributed by atoms with Gasteiger partial charge in [0, 0.05) is 0 Å². The Morgan fingerprint density at radius 1 is 1.71 bits per heavy atom. The fourth-order valence-electron chi connectivity index (χ4n) is 0. The molecular weight excluding hydrogens is 176 g/mol. The van der Waals surface area contributed by atoms with Crippen LogP contribution in [0, 0.1) is 0 Å². The summed E-state index contributed by atoms with van der Waals surface area (Å²) in [7, 11) is -1.98. The Bertz CT molecular complexity index is 133. The summed E-state index contributed by atoms with van der Waals surface area (Å²) in [5.41, 5.74) is 0.872. The maximum absolute atomic E-state index is 10.1. The minimum absolute atomic E-state index is 0.872. The summed E-state index contributed by atoms with van der Waals surface area (Å²) in [6, 6.07) is 0. The summed E-state index contributed by atoms with van der Waals surface area (Å²) in [6.45, 7) is 0. The smallest absolute Gasteiger partial charge is 0.163 e. The van der Waals surface area contributed by atoms with Gasteiger partial charge in [0.25, 0.3) is 0 Å². The van der Waals surface area contributed by atoms with Crippen molar-refractivity contribution >= 4 is 33.5 Å². The fraction of sp³-hybridized carbons (Fsp3) is 0.500. The van der Waals surface area contributed by atoms with Crippen LogP contribution in [-0.2, 0) is 4.79 Å². The Hall–Kier alpha value is 0.370. The van der Waals surface area contributed by atoms with Gasteiger partial charge in [0.15, 0.2) is 5.62 Å². The summed E-state index contributed by atoms with van der Waals surface area (Å²) >= 11 is 3.21. The third-order valence-electron chi connectivity index (χ3n) is 0.297. The average Bonchev–Trinajstić information content (AvgIpc) is 1.32. The Labute approximate surface area is 51.2 Å². The lowest BCUT2D eigenvalue weighted by Crippen LogP contribution is -1.92. The number of halogens is 1. The van der Waals surface area contributed by atoms with E-state index in [1.54, 1.807) is 0 Å². The van der Waals surface area contributed by atoms with Gasteiger partial charge in [-0.2, -0.15) is 7.18 Å². The van der Waals surface area contributed by atoms with E-state index in [2.05, 4.69) is 20.7 Å². The first-order chi connectivity index (χ1) is 2.81. The predicted molar refractivity (Wildman–Crippen MR) is 42.2 cm³/mol. The van der Waals surface area contributed by atoms with E-state index in [4.69, 9.17) is 0 Å². The monoisotopic (exact) mass is 184 g/mol. The van der Waals surface area contributed by atoms with Gasteiger partial charge in [0.05, 0.1) is 0 Å². The third-order valence-corrected chi connectivity index (χ3v) is 1.35. The van der Waals surface area contributed by atoms with Crippen LogP contribution in [-0.4, -0.2) is 24.0 Å². The van der Waals surface area contributed by atoms with Crippen molar-refractivity contribution in [3.05, 3.63) is 0 Å². The van der Waals surface area contributed by atoms with E-state index in [9.17, 15) is 4.79 Å². The first kappa shape index (κ1) is 7.37. The Morgan fingerprint density at radius 2 is 1.86 bits per heavy atom. The highest BCUT2D eigenvalue weighted by Gasteiger charge is 2.09. The number of hydrogen-bond donors (Lipinski definition) is 0. The van der Waals surface area contributed by atoms with Crippen molar-refractivity contribution in [1.29, 1.82) is 0 Å². The maximum Gasteiger partial charge on any atom is 0.163 e. The van der Waals surface area contributed by atoms with Crippen LogP contribution in [0.2, 0.25) is 0 Å². The number of carbonyl (C=O) groups excluding carboxylic acids is 1. The number of hydrogen-bond acceptors (Lipinski definition) is 1. The first-order valence-corrected chi connectivity index (χ1v) is 6.66. The first-order valence-electron chi connectivity index (χ1n) is 1.73. The van der Waals surface area contributed by atoms with Crippen LogP contribution >= 0.6 is 22.0 Å². The lowest BCUT2D eigenvalue weighted by molar-refractivity contribution is 0.569. The topological polar surface area (TPSA) is 17.1 Å². The molecule has 0 atom stereocenters. The highest BCUT2D eigenvalue weighted by Crippen LogP contribution is 2.53. The van der Waals surface area contributed by atoms with Crippen molar-refractivity contribution in [3.63, 3.8) is 0 Å². The van der Waals surface area contributed by atoms with Gasteiger partial charge < -0.3 is 0 Å². The molecule has 0 unspecified atom stereocenters. The molecule has 0 bridgehead atoms. The Kier molecular flexibility index (Phi) is 1.50. The molecule has 0 rings (SSSR count). The minimum Gasteiger partial charge on any atom is -0.292 e. The van der Waals surface area contributed by atoms with Crippen molar-refractivity contribution in [2.24, 2.45) is 0 Å². The second-order valence-corrected chi connectivity index (χ2v) is 13.1. The van der Waals surface area contributed by atoms with Crippen LogP contribution in [0.25, 0.3) is 0 Å². The minimum atomic E-state index is -1.98. The van der Waals surface area contributed by atoms with Crippen LogP contribution in [0.15, 0.2) is 0 Å². The molecular formula is C4H9BrOS. The van der Waals surface area contributed by atoms with Gasteiger partial charge in [-0.25, -0.2) is 0 Å². The molecule has 0 aromatic heterocycles. The van der Waals surface area contributed by atoms with Gasteiger partial charge in [-0.15, -0.1) is 0 Å². The van der Waals surface area contributed by atoms with Crippen LogP contribution in [0.4, 0.5) is 0 Å². The average molecular weight is 185 g/mol. The van der Waals surface area contributed by atoms with Gasteiger partial charge in [-0.3, -0.25) is 4.79 Å². The van der Waals surface area contributed by atoms with E-state index < -0.39 is 7.18 Å². The molecule has 0 aliphatic heterocycles. The largest absolute Gasteiger partial charge is 0.292 e. The molecule has 0 heterocycles. The number of rotatable bonds is 1. The normalized spacial score (nSPS) is 17.3. The highest BCUT2D eigenvalue weighted by molar-refractivity contribution is 9.63. The van der Waals surface area contributed by atoms with Gasteiger partial charge in [0.2, 0.25) is 0 Å². The summed E-state index contributed by atoms with van der Waals surface area (Å²) in [5.74, 6) is 3.68. The molecule has 0 saturated carbocycles. The van der Waals surface area contributed by atoms with E-state index in [-0.39, 0.29) is 0 Å². The van der Waals surface area contributed by atoms with Crippen LogP contribution in [0.5, 0.6) is 0 Å².